The number of esters is 1. The number of hydrogen-bond acceptors (Lipinski definition) is 3. The minimum Gasteiger partial charge on any atom is -0.460 e. The second-order valence-electron chi connectivity index (χ2n) is 5.67. The van der Waals surface area contributed by atoms with Gasteiger partial charge < -0.3 is 9.84 Å². The molecule has 19 heavy (non-hydrogen) atoms. The highest BCUT2D eigenvalue weighted by molar-refractivity contribution is 5.70. The van der Waals surface area contributed by atoms with Gasteiger partial charge in [-0.2, -0.15) is 0 Å². The summed E-state index contributed by atoms with van der Waals surface area (Å²) in [7, 11) is 0. The van der Waals surface area contributed by atoms with Gasteiger partial charge in [0.25, 0.3) is 0 Å². The molecule has 0 spiro atoms. The third kappa shape index (κ3) is 6.34. The van der Waals surface area contributed by atoms with E-state index in [1.165, 1.54) is 12.1 Å². The molecule has 1 atom stereocenters. The number of carbonyl (C=O) groups is 1. The largest absolute Gasteiger partial charge is 0.460 e. The molecule has 0 aliphatic heterocycles. The van der Waals surface area contributed by atoms with E-state index in [-0.39, 0.29) is 30.7 Å². The van der Waals surface area contributed by atoms with Gasteiger partial charge in [0, 0.05) is 6.61 Å². The van der Waals surface area contributed by atoms with Gasteiger partial charge in [-0.25, -0.2) is 4.39 Å². The summed E-state index contributed by atoms with van der Waals surface area (Å²) in [6.45, 7) is 5.26. The molecule has 1 aromatic rings. The molecule has 0 bridgehead atoms. The first-order chi connectivity index (χ1) is 8.80. The van der Waals surface area contributed by atoms with Crippen molar-refractivity contribution >= 4 is 5.97 Å². The maximum atomic E-state index is 13.1. The van der Waals surface area contributed by atoms with Crippen LogP contribution in [0.4, 0.5) is 4.39 Å². The van der Waals surface area contributed by atoms with Crippen molar-refractivity contribution in [2.75, 3.05) is 6.61 Å². The van der Waals surface area contributed by atoms with Gasteiger partial charge in [0.15, 0.2) is 0 Å². The summed E-state index contributed by atoms with van der Waals surface area (Å²) in [6.07, 6.45) is 0.581. The maximum Gasteiger partial charge on any atom is 0.306 e. The van der Waals surface area contributed by atoms with Crippen LogP contribution in [0.25, 0.3) is 0 Å². The fourth-order valence-electron chi connectivity index (χ4n) is 1.82. The van der Waals surface area contributed by atoms with Crippen LogP contribution < -0.4 is 0 Å². The summed E-state index contributed by atoms with van der Waals surface area (Å²) < 4.78 is 18.3. The summed E-state index contributed by atoms with van der Waals surface area (Å²) in [5.74, 6) is -0.911. The second kappa shape index (κ2) is 6.66. The molecular weight excluding hydrogens is 247 g/mol. The molecule has 1 aromatic carbocycles. The van der Waals surface area contributed by atoms with E-state index >= 15 is 0 Å². The van der Waals surface area contributed by atoms with E-state index in [9.17, 15) is 14.3 Å². The van der Waals surface area contributed by atoms with Crippen molar-refractivity contribution in [2.45, 2.75) is 39.2 Å². The normalized spacial score (nSPS) is 13.1. The van der Waals surface area contributed by atoms with Crippen molar-refractivity contribution in [3.8, 4) is 0 Å². The van der Waals surface area contributed by atoms with E-state index < -0.39 is 5.60 Å². The molecule has 0 saturated carbocycles. The van der Waals surface area contributed by atoms with Crippen molar-refractivity contribution in [2.24, 2.45) is 5.92 Å². The van der Waals surface area contributed by atoms with Gasteiger partial charge in [-0.05, 0) is 50.8 Å². The van der Waals surface area contributed by atoms with Gasteiger partial charge in [-0.15, -0.1) is 0 Å². The lowest BCUT2D eigenvalue weighted by Crippen LogP contribution is -2.26. The highest BCUT2D eigenvalue weighted by Crippen LogP contribution is 2.16. The Hall–Kier alpha value is -1.42. The Kier molecular flexibility index (Phi) is 5.48. The van der Waals surface area contributed by atoms with Crippen LogP contribution in [-0.2, 0) is 16.0 Å². The molecule has 0 heterocycles. The van der Waals surface area contributed by atoms with Crippen LogP contribution in [0.3, 0.4) is 0 Å². The quantitative estimate of drug-likeness (QED) is 0.835. The fraction of sp³-hybridized carbons (Fsp3) is 0.533. The van der Waals surface area contributed by atoms with E-state index in [1.807, 2.05) is 0 Å². The van der Waals surface area contributed by atoms with E-state index in [1.54, 1.807) is 32.9 Å². The predicted octanol–water partition coefficient (Wildman–Crippen LogP) is 2.71. The first kappa shape index (κ1) is 15.6. The van der Waals surface area contributed by atoms with Crippen LogP contribution >= 0.6 is 0 Å². The number of aliphatic hydroxyl groups excluding tert-OH is 1. The number of hydrogen-bond donors (Lipinski definition) is 1. The smallest absolute Gasteiger partial charge is 0.306 e. The monoisotopic (exact) mass is 268 g/mol. The highest BCUT2D eigenvalue weighted by atomic mass is 19.1. The zero-order valence-electron chi connectivity index (χ0n) is 11.6. The Morgan fingerprint density at radius 3 is 2.63 bits per heavy atom. The Bertz CT molecular complexity index is 424. The number of rotatable bonds is 5. The fourth-order valence-corrected chi connectivity index (χ4v) is 1.82. The van der Waals surface area contributed by atoms with Crippen molar-refractivity contribution in [1.82, 2.24) is 0 Å². The van der Waals surface area contributed by atoms with Gasteiger partial charge in [-0.1, -0.05) is 12.1 Å². The van der Waals surface area contributed by atoms with Gasteiger partial charge in [0.1, 0.15) is 11.4 Å². The number of carbonyl (C=O) groups excluding carboxylic acids is 1. The first-order valence-corrected chi connectivity index (χ1v) is 6.37. The molecule has 1 rings (SSSR count). The minimum absolute atomic E-state index is 0.129. The third-order valence-electron chi connectivity index (χ3n) is 2.55. The van der Waals surface area contributed by atoms with Crippen LogP contribution in [0.15, 0.2) is 24.3 Å². The molecule has 0 aromatic heterocycles. The van der Waals surface area contributed by atoms with E-state index in [2.05, 4.69) is 0 Å². The number of ether oxygens (including phenoxy) is 1. The van der Waals surface area contributed by atoms with E-state index in [0.717, 1.165) is 5.56 Å². The Labute approximate surface area is 113 Å². The molecule has 0 amide bonds. The van der Waals surface area contributed by atoms with Gasteiger partial charge >= 0.3 is 5.97 Å². The van der Waals surface area contributed by atoms with Crippen molar-refractivity contribution < 1.29 is 19.0 Å². The average Bonchev–Trinajstić information content (AvgIpc) is 2.25. The number of halogens is 1. The maximum absolute atomic E-state index is 13.1. The summed E-state index contributed by atoms with van der Waals surface area (Å²) in [5.41, 5.74) is 0.235. The molecular formula is C15H21FO3. The van der Waals surface area contributed by atoms with Crippen LogP contribution in [0.1, 0.15) is 32.8 Å². The van der Waals surface area contributed by atoms with Gasteiger partial charge in [0.2, 0.25) is 0 Å². The average molecular weight is 268 g/mol. The molecule has 0 fully saturated rings. The molecule has 0 aliphatic rings. The standard InChI is InChI=1S/C15H21FO3/c1-15(2,3)19-14(18)9-12(10-17)7-11-5-4-6-13(16)8-11/h4-6,8,12,17H,7,9-10H2,1-3H3/t12-/m1/s1. The Morgan fingerprint density at radius 2 is 2.11 bits per heavy atom. The Balaban J connectivity index is 2.57. The summed E-state index contributed by atoms with van der Waals surface area (Å²) in [5, 5.41) is 9.30. The van der Waals surface area contributed by atoms with Gasteiger partial charge in [0.05, 0.1) is 6.42 Å². The Morgan fingerprint density at radius 1 is 1.42 bits per heavy atom. The summed E-state index contributed by atoms with van der Waals surface area (Å²) in [4.78, 5) is 11.7. The molecule has 0 aliphatic carbocycles. The van der Waals surface area contributed by atoms with E-state index in [0.29, 0.717) is 6.42 Å². The van der Waals surface area contributed by atoms with Crippen LogP contribution in [0.5, 0.6) is 0 Å². The highest BCUT2D eigenvalue weighted by Gasteiger charge is 2.20. The zero-order chi connectivity index (χ0) is 14.5. The second-order valence-corrected chi connectivity index (χ2v) is 5.67. The van der Waals surface area contributed by atoms with Crippen molar-refractivity contribution in [1.29, 1.82) is 0 Å². The molecule has 0 radical (unpaired) electrons. The first-order valence-electron chi connectivity index (χ1n) is 6.37. The molecule has 4 heteroatoms. The topological polar surface area (TPSA) is 46.5 Å². The third-order valence-corrected chi connectivity index (χ3v) is 2.55. The minimum atomic E-state index is -0.532. The molecule has 0 saturated heterocycles. The number of aliphatic hydroxyl groups is 1. The van der Waals surface area contributed by atoms with Crippen LogP contribution in [-0.4, -0.2) is 23.3 Å². The van der Waals surface area contributed by atoms with Gasteiger partial charge in [-0.3, -0.25) is 4.79 Å². The lowest BCUT2D eigenvalue weighted by molar-refractivity contribution is -0.156. The molecule has 0 unspecified atom stereocenters. The zero-order valence-corrected chi connectivity index (χ0v) is 11.6. The van der Waals surface area contributed by atoms with Crippen LogP contribution in [0, 0.1) is 11.7 Å². The molecule has 1 N–H and O–H groups in total. The number of benzene rings is 1. The van der Waals surface area contributed by atoms with Crippen LogP contribution in [0.2, 0.25) is 0 Å². The molecule has 3 nitrogen and oxygen atoms in total. The summed E-state index contributed by atoms with van der Waals surface area (Å²) in [6, 6.07) is 6.18. The summed E-state index contributed by atoms with van der Waals surface area (Å²) >= 11 is 0. The molecule has 106 valence electrons. The van der Waals surface area contributed by atoms with Crippen molar-refractivity contribution in [3.63, 3.8) is 0 Å². The SMILES string of the molecule is CC(C)(C)OC(=O)C[C@H](CO)Cc1cccc(F)c1. The van der Waals surface area contributed by atoms with E-state index in [4.69, 9.17) is 4.74 Å². The predicted molar refractivity (Wildman–Crippen MR) is 71.1 cm³/mol. The lowest BCUT2D eigenvalue weighted by atomic mass is 9.97. The lowest BCUT2D eigenvalue weighted by Gasteiger charge is -2.21. The van der Waals surface area contributed by atoms with Crippen molar-refractivity contribution in [3.05, 3.63) is 35.6 Å².